The van der Waals surface area contributed by atoms with E-state index < -0.39 is 0 Å². The molecule has 0 aliphatic carbocycles. The molecule has 22 heavy (non-hydrogen) atoms. The molecule has 1 fully saturated rings. The molecule has 0 radical (unpaired) electrons. The number of methoxy groups -OCH3 is 1. The van der Waals surface area contributed by atoms with Crippen LogP contribution in [0.3, 0.4) is 0 Å². The zero-order chi connectivity index (χ0) is 15.9. The number of nitrogens with zero attached hydrogens (tertiary/aromatic N) is 1. The molecule has 1 aliphatic heterocycles. The number of benzene rings is 1. The molecule has 2 N–H and O–H groups in total. The summed E-state index contributed by atoms with van der Waals surface area (Å²) in [6.45, 7) is 3.39. The summed E-state index contributed by atoms with van der Waals surface area (Å²) < 4.78 is 10.8. The lowest BCUT2D eigenvalue weighted by atomic mass is 10.1. The maximum Gasteiger partial charge on any atom is 0.187 e. The number of ether oxygens (including phenoxy) is 2. The maximum absolute atomic E-state index is 6.02. The molecule has 1 saturated heterocycles. The minimum absolute atomic E-state index is 0.234. The lowest BCUT2D eigenvalue weighted by Gasteiger charge is -2.13. The molecule has 0 aromatic heterocycles. The van der Waals surface area contributed by atoms with Crippen LogP contribution in [-0.4, -0.2) is 37.2 Å². The Kier molecular flexibility index (Phi) is 6.42. The smallest absolute Gasteiger partial charge is 0.187 e. The zero-order valence-corrected chi connectivity index (χ0v) is 14.3. The highest BCUT2D eigenvalue weighted by Gasteiger charge is 2.15. The van der Waals surface area contributed by atoms with Crippen molar-refractivity contribution in [2.45, 2.75) is 25.9 Å². The van der Waals surface area contributed by atoms with Crippen molar-refractivity contribution < 1.29 is 9.47 Å². The van der Waals surface area contributed by atoms with Crippen molar-refractivity contribution >= 4 is 34.6 Å². The van der Waals surface area contributed by atoms with Crippen molar-refractivity contribution in [1.29, 1.82) is 0 Å². The van der Waals surface area contributed by atoms with Gasteiger partial charge in [-0.25, -0.2) is 0 Å². The lowest BCUT2D eigenvalue weighted by molar-refractivity contribution is 0.114. The summed E-state index contributed by atoms with van der Waals surface area (Å²) in [5.74, 6) is 0.714. The largest absolute Gasteiger partial charge is 0.496 e. The number of halogens is 1. The fourth-order valence-electron chi connectivity index (χ4n) is 2.21. The summed E-state index contributed by atoms with van der Waals surface area (Å²) in [5.41, 5.74) is 4.39. The molecule has 1 heterocycles. The minimum Gasteiger partial charge on any atom is -0.496 e. The Morgan fingerprint density at radius 1 is 1.55 bits per heavy atom. The molecular formula is C15H20ClN3O2S. The number of thiocarbonyl (C=S) groups is 1. The highest BCUT2D eigenvalue weighted by Crippen LogP contribution is 2.23. The molecule has 1 aliphatic rings. The summed E-state index contributed by atoms with van der Waals surface area (Å²) in [6.07, 6.45) is 2.41. The first-order valence-electron chi connectivity index (χ1n) is 7.14. The van der Waals surface area contributed by atoms with E-state index >= 15 is 0 Å². The quantitative estimate of drug-likeness (QED) is 0.490. The van der Waals surface area contributed by atoms with Crippen LogP contribution >= 0.6 is 23.8 Å². The molecule has 0 saturated carbocycles. The fraction of sp³-hybridized carbons (Fsp3) is 0.467. The van der Waals surface area contributed by atoms with E-state index in [0.717, 1.165) is 30.7 Å². The van der Waals surface area contributed by atoms with E-state index in [1.54, 1.807) is 13.2 Å². The highest BCUT2D eigenvalue weighted by atomic mass is 35.5. The Morgan fingerprint density at radius 2 is 2.36 bits per heavy atom. The first-order valence-corrected chi connectivity index (χ1v) is 7.92. The van der Waals surface area contributed by atoms with Crippen LogP contribution in [-0.2, 0) is 4.74 Å². The molecule has 1 atom stereocenters. The van der Waals surface area contributed by atoms with Crippen molar-refractivity contribution in [3.05, 3.63) is 28.8 Å². The van der Waals surface area contributed by atoms with E-state index in [-0.39, 0.29) is 6.10 Å². The van der Waals surface area contributed by atoms with Gasteiger partial charge in [-0.1, -0.05) is 11.6 Å². The minimum atomic E-state index is 0.234. The van der Waals surface area contributed by atoms with Gasteiger partial charge in [-0.2, -0.15) is 5.10 Å². The van der Waals surface area contributed by atoms with Gasteiger partial charge in [0.05, 0.1) is 18.9 Å². The lowest BCUT2D eigenvalue weighted by Crippen LogP contribution is -2.37. The van der Waals surface area contributed by atoms with Gasteiger partial charge < -0.3 is 14.8 Å². The molecule has 7 heteroatoms. The topological polar surface area (TPSA) is 54.9 Å². The Labute approximate surface area is 141 Å². The van der Waals surface area contributed by atoms with E-state index in [2.05, 4.69) is 15.8 Å². The van der Waals surface area contributed by atoms with E-state index in [9.17, 15) is 0 Å². The first-order chi connectivity index (χ1) is 10.6. The van der Waals surface area contributed by atoms with Crippen LogP contribution in [0.25, 0.3) is 0 Å². The van der Waals surface area contributed by atoms with Crippen molar-refractivity contribution in [2.75, 3.05) is 20.3 Å². The van der Waals surface area contributed by atoms with Gasteiger partial charge in [-0.05, 0) is 50.2 Å². The molecule has 0 amide bonds. The normalized spacial score (nSPS) is 18.1. The van der Waals surface area contributed by atoms with E-state index in [1.165, 1.54) is 0 Å². The summed E-state index contributed by atoms with van der Waals surface area (Å²) in [4.78, 5) is 0. The average molecular weight is 342 g/mol. The predicted molar refractivity (Wildman–Crippen MR) is 92.9 cm³/mol. The van der Waals surface area contributed by atoms with Gasteiger partial charge >= 0.3 is 0 Å². The third-order valence-electron chi connectivity index (χ3n) is 3.39. The molecule has 1 aromatic carbocycles. The van der Waals surface area contributed by atoms with Crippen LogP contribution in [0.4, 0.5) is 0 Å². The second-order valence-corrected chi connectivity index (χ2v) is 5.84. The third-order valence-corrected chi connectivity index (χ3v) is 3.86. The Morgan fingerprint density at radius 3 is 3.05 bits per heavy atom. The van der Waals surface area contributed by atoms with Gasteiger partial charge in [0, 0.05) is 23.7 Å². The van der Waals surface area contributed by atoms with Gasteiger partial charge in [0.15, 0.2) is 5.11 Å². The summed E-state index contributed by atoms with van der Waals surface area (Å²) >= 11 is 11.2. The van der Waals surface area contributed by atoms with Gasteiger partial charge in [-0.15, -0.1) is 0 Å². The molecule has 0 unspecified atom stereocenters. The van der Waals surface area contributed by atoms with Crippen molar-refractivity contribution in [3.8, 4) is 5.75 Å². The van der Waals surface area contributed by atoms with Crippen molar-refractivity contribution in [1.82, 2.24) is 10.7 Å². The van der Waals surface area contributed by atoms with E-state index in [1.807, 2.05) is 19.1 Å². The first kappa shape index (κ1) is 17.0. The Balaban J connectivity index is 1.91. The summed E-state index contributed by atoms with van der Waals surface area (Å²) in [7, 11) is 1.61. The van der Waals surface area contributed by atoms with Crippen LogP contribution < -0.4 is 15.5 Å². The maximum atomic E-state index is 6.02. The van der Waals surface area contributed by atoms with Crippen LogP contribution in [0.2, 0.25) is 5.02 Å². The monoisotopic (exact) mass is 341 g/mol. The second kappa shape index (κ2) is 8.31. The Bertz CT molecular complexity index is 560. The number of rotatable bonds is 5. The van der Waals surface area contributed by atoms with Gasteiger partial charge in [0.2, 0.25) is 0 Å². The molecule has 1 aromatic rings. The van der Waals surface area contributed by atoms with Gasteiger partial charge in [0.1, 0.15) is 5.75 Å². The molecule has 5 nitrogen and oxygen atoms in total. The predicted octanol–water partition coefficient (Wildman–Crippen LogP) is 2.72. The standard InChI is InChI=1S/C15H20ClN3O2S/c1-10(13-8-11(16)5-6-14(13)20-2)18-19-15(22)17-9-12-4-3-7-21-12/h5-6,8,12H,3-4,7,9H2,1-2H3,(H2,17,19,22)/b18-10-/t12-/m0/s1. The summed E-state index contributed by atoms with van der Waals surface area (Å²) in [6, 6.07) is 5.40. The zero-order valence-electron chi connectivity index (χ0n) is 12.7. The molecular weight excluding hydrogens is 322 g/mol. The second-order valence-electron chi connectivity index (χ2n) is 5.00. The molecule has 120 valence electrons. The van der Waals surface area contributed by atoms with Crippen LogP contribution in [0.15, 0.2) is 23.3 Å². The van der Waals surface area contributed by atoms with Crippen LogP contribution in [0.1, 0.15) is 25.3 Å². The Hall–Kier alpha value is -1.37. The van der Waals surface area contributed by atoms with Crippen LogP contribution in [0.5, 0.6) is 5.75 Å². The van der Waals surface area contributed by atoms with Crippen molar-refractivity contribution in [3.63, 3.8) is 0 Å². The SMILES string of the molecule is COc1ccc(Cl)cc1/C(C)=N\NC(=S)NC[C@@H]1CCCO1. The van der Waals surface area contributed by atoms with Gasteiger partial charge in [-0.3, -0.25) is 5.43 Å². The van der Waals surface area contributed by atoms with E-state index in [4.69, 9.17) is 33.3 Å². The van der Waals surface area contributed by atoms with Gasteiger partial charge in [0.25, 0.3) is 0 Å². The highest BCUT2D eigenvalue weighted by molar-refractivity contribution is 7.80. The molecule has 2 rings (SSSR count). The third kappa shape index (κ3) is 4.83. The number of nitrogens with one attached hydrogen (secondary N) is 2. The summed E-state index contributed by atoms with van der Waals surface area (Å²) in [5, 5.41) is 8.47. The van der Waals surface area contributed by atoms with Crippen molar-refractivity contribution in [2.24, 2.45) is 5.10 Å². The molecule has 0 bridgehead atoms. The number of hydrogen-bond acceptors (Lipinski definition) is 4. The van der Waals surface area contributed by atoms with Crippen LogP contribution in [0, 0.1) is 0 Å². The fourth-order valence-corrected chi connectivity index (χ4v) is 2.51. The number of hydrogen-bond donors (Lipinski definition) is 2. The number of hydrazone groups is 1. The average Bonchev–Trinajstić information content (AvgIpc) is 3.04. The molecule has 0 spiro atoms. The van der Waals surface area contributed by atoms with E-state index in [0.29, 0.717) is 22.4 Å².